The second-order valence-electron chi connectivity index (χ2n) is 4.14. The van der Waals surface area contributed by atoms with Crippen LogP contribution in [0, 0.1) is 12.7 Å². The Balaban J connectivity index is 2.50. The van der Waals surface area contributed by atoms with Crippen molar-refractivity contribution < 1.29 is 4.39 Å². The van der Waals surface area contributed by atoms with Crippen LogP contribution in [-0.2, 0) is 6.54 Å². The molecule has 1 aromatic rings. The molecule has 0 radical (unpaired) electrons. The van der Waals surface area contributed by atoms with Crippen molar-refractivity contribution in [3.05, 3.63) is 35.1 Å². The molecule has 0 aliphatic carbocycles. The lowest BCUT2D eigenvalue weighted by atomic mass is 10.1. The van der Waals surface area contributed by atoms with E-state index in [4.69, 9.17) is 0 Å². The summed E-state index contributed by atoms with van der Waals surface area (Å²) in [5.74, 6) is -0.155. The first kappa shape index (κ1) is 12.2. The molecule has 0 spiro atoms. The molecule has 1 N–H and O–H groups in total. The van der Waals surface area contributed by atoms with Gasteiger partial charge in [-0.05, 0) is 43.5 Å². The first-order valence-electron chi connectivity index (χ1n) is 5.62. The third-order valence-electron chi connectivity index (χ3n) is 2.67. The van der Waals surface area contributed by atoms with E-state index in [1.54, 1.807) is 6.07 Å². The zero-order valence-corrected chi connectivity index (χ0v) is 9.81. The molecule has 1 nitrogen and oxygen atoms in total. The molecule has 1 aromatic carbocycles. The van der Waals surface area contributed by atoms with Gasteiger partial charge in [-0.3, -0.25) is 0 Å². The number of hydrogen-bond donors (Lipinski definition) is 1. The number of benzene rings is 1. The molecule has 0 aliphatic heterocycles. The van der Waals surface area contributed by atoms with E-state index in [0.29, 0.717) is 6.04 Å². The van der Waals surface area contributed by atoms with Crippen LogP contribution < -0.4 is 5.32 Å². The van der Waals surface area contributed by atoms with Gasteiger partial charge in [-0.1, -0.05) is 19.4 Å². The van der Waals surface area contributed by atoms with Crippen LogP contribution in [0.3, 0.4) is 0 Å². The molecule has 15 heavy (non-hydrogen) atoms. The average molecular weight is 209 g/mol. The molecule has 0 aromatic heterocycles. The van der Waals surface area contributed by atoms with Crippen molar-refractivity contribution in [2.45, 2.75) is 46.2 Å². The van der Waals surface area contributed by atoms with Crippen LogP contribution in [0.2, 0.25) is 0 Å². The Labute approximate surface area is 91.7 Å². The number of halogens is 1. The summed E-state index contributed by atoms with van der Waals surface area (Å²) >= 11 is 0. The summed E-state index contributed by atoms with van der Waals surface area (Å²) in [6, 6.07) is 5.49. The molecule has 0 saturated carbocycles. The summed E-state index contributed by atoms with van der Waals surface area (Å²) in [5, 5.41) is 3.44. The molecule has 84 valence electrons. The van der Waals surface area contributed by atoms with Gasteiger partial charge >= 0.3 is 0 Å². The Morgan fingerprint density at radius 1 is 1.40 bits per heavy atom. The summed E-state index contributed by atoms with van der Waals surface area (Å²) < 4.78 is 12.8. The van der Waals surface area contributed by atoms with E-state index in [2.05, 4.69) is 19.2 Å². The largest absolute Gasteiger partial charge is 0.310 e. The molecule has 1 atom stereocenters. The predicted octanol–water partition coefficient (Wildman–Crippen LogP) is 3.41. The van der Waals surface area contributed by atoms with Crippen LogP contribution in [0.4, 0.5) is 4.39 Å². The SMILES string of the molecule is CCCC(C)NCc1ccc(F)cc1C. The lowest BCUT2D eigenvalue weighted by Crippen LogP contribution is -2.25. The minimum atomic E-state index is -0.155. The fourth-order valence-corrected chi connectivity index (χ4v) is 1.68. The monoisotopic (exact) mass is 209 g/mol. The van der Waals surface area contributed by atoms with Crippen LogP contribution in [0.25, 0.3) is 0 Å². The van der Waals surface area contributed by atoms with Crippen LogP contribution in [-0.4, -0.2) is 6.04 Å². The maximum Gasteiger partial charge on any atom is 0.123 e. The summed E-state index contributed by atoms with van der Waals surface area (Å²) in [5.41, 5.74) is 2.20. The highest BCUT2D eigenvalue weighted by Crippen LogP contribution is 2.10. The second kappa shape index (κ2) is 5.86. The van der Waals surface area contributed by atoms with E-state index >= 15 is 0 Å². The molecule has 0 bridgehead atoms. The minimum Gasteiger partial charge on any atom is -0.310 e. The van der Waals surface area contributed by atoms with Gasteiger partial charge in [0.2, 0.25) is 0 Å². The van der Waals surface area contributed by atoms with Gasteiger partial charge in [-0.15, -0.1) is 0 Å². The van der Waals surface area contributed by atoms with Crippen molar-refractivity contribution in [2.75, 3.05) is 0 Å². The summed E-state index contributed by atoms with van der Waals surface area (Å²) in [6.07, 6.45) is 2.37. The van der Waals surface area contributed by atoms with Gasteiger partial charge in [0.15, 0.2) is 0 Å². The molecular weight excluding hydrogens is 189 g/mol. The van der Waals surface area contributed by atoms with E-state index in [1.807, 2.05) is 13.0 Å². The van der Waals surface area contributed by atoms with Crippen LogP contribution in [0.5, 0.6) is 0 Å². The minimum absolute atomic E-state index is 0.155. The smallest absolute Gasteiger partial charge is 0.123 e. The maximum atomic E-state index is 12.8. The standard InChI is InChI=1S/C13H20FN/c1-4-5-11(3)15-9-12-6-7-13(14)8-10(12)2/h6-8,11,15H,4-5,9H2,1-3H3. The van der Waals surface area contributed by atoms with Gasteiger partial charge in [-0.25, -0.2) is 4.39 Å². The molecule has 0 heterocycles. The lowest BCUT2D eigenvalue weighted by Gasteiger charge is -2.13. The van der Waals surface area contributed by atoms with Gasteiger partial charge in [0.25, 0.3) is 0 Å². The normalized spacial score (nSPS) is 12.8. The summed E-state index contributed by atoms with van der Waals surface area (Å²) in [4.78, 5) is 0. The molecule has 0 saturated heterocycles. The first-order chi connectivity index (χ1) is 7.13. The Morgan fingerprint density at radius 2 is 2.13 bits per heavy atom. The quantitative estimate of drug-likeness (QED) is 0.783. The first-order valence-corrected chi connectivity index (χ1v) is 5.62. The molecule has 0 amide bonds. The molecule has 0 aliphatic rings. The number of nitrogens with one attached hydrogen (secondary N) is 1. The Kier molecular flexibility index (Phi) is 4.76. The number of rotatable bonds is 5. The highest BCUT2D eigenvalue weighted by atomic mass is 19.1. The van der Waals surface area contributed by atoms with Crippen molar-refractivity contribution in [3.8, 4) is 0 Å². The zero-order chi connectivity index (χ0) is 11.3. The third kappa shape index (κ3) is 4.00. The fourth-order valence-electron chi connectivity index (χ4n) is 1.68. The average Bonchev–Trinajstić information content (AvgIpc) is 2.17. The van der Waals surface area contributed by atoms with Crippen molar-refractivity contribution in [3.63, 3.8) is 0 Å². The Bertz CT molecular complexity index is 309. The topological polar surface area (TPSA) is 12.0 Å². The molecule has 1 unspecified atom stereocenters. The summed E-state index contributed by atoms with van der Waals surface area (Å²) in [7, 11) is 0. The highest BCUT2D eigenvalue weighted by Gasteiger charge is 2.02. The number of aryl methyl sites for hydroxylation is 1. The predicted molar refractivity (Wildman–Crippen MR) is 62.3 cm³/mol. The van der Waals surface area contributed by atoms with Crippen molar-refractivity contribution in [2.24, 2.45) is 0 Å². The second-order valence-corrected chi connectivity index (χ2v) is 4.14. The lowest BCUT2D eigenvalue weighted by molar-refractivity contribution is 0.507. The van der Waals surface area contributed by atoms with Gasteiger partial charge in [0.1, 0.15) is 5.82 Å². The van der Waals surface area contributed by atoms with Gasteiger partial charge in [0, 0.05) is 12.6 Å². The maximum absolute atomic E-state index is 12.8. The number of hydrogen-bond acceptors (Lipinski definition) is 1. The molecule has 1 rings (SSSR count). The molecule has 2 heteroatoms. The van der Waals surface area contributed by atoms with Gasteiger partial charge in [-0.2, -0.15) is 0 Å². The zero-order valence-electron chi connectivity index (χ0n) is 9.81. The van der Waals surface area contributed by atoms with E-state index < -0.39 is 0 Å². The Hall–Kier alpha value is -0.890. The molecule has 0 fully saturated rings. The van der Waals surface area contributed by atoms with E-state index in [1.165, 1.54) is 24.5 Å². The highest BCUT2D eigenvalue weighted by molar-refractivity contribution is 5.26. The van der Waals surface area contributed by atoms with E-state index in [0.717, 1.165) is 12.1 Å². The van der Waals surface area contributed by atoms with Crippen LogP contribution in [0.15, 0.2) is 18.2 Å². The van der Waals surface area contributed by atoms with Crippen molar-refractivity contribution >= 4 is 0 Å². The van der Waals surface area contributed by atoms with Crippen molar-refractivity contribution in [1.29, 1.82) is 0 Å². The summed E-state index contributed by atoms with van der Waals surface area (Å²) in [6.45, 7) is 7.14. The molecular formula is C13H20FN. The fraction of sp³-hybridized carbons (Fsp3) is 0.538. The van der Waals surface area contributed by atoms with E-state index in [-0.39, 0.29) is 5.82 Å². The van der Waals surface area contributed by atoms with Crippen LogP contribution >= 0.6 is 0 Å². The van der Waals surface area contributed by atoms with Gasteiger partial charge < -0.3 is 5.32 Å². The Morgan fingerprint density at radius 3 is 2.73 bits per heavy atom. The van der Waals surface area contributed by atoms with Gasteiger partial charge in [0.05, 0.1) is 0 Å². The van der Waals surface area contributed by atoms with Crippen LogP contribution in [0.1, 0.15) is 37.8 Å². The third-order valence-corrected chi connectivity index (χ3v) is 2.67. The van der Waals surface area contributed by atoms with Crippen molar-refractivity contribution in [1.82, 2.24) is 5.32 Å². The van der Waals surface area contributed by atoms with E-state index in [9.17, 15) is 4.39 Å².